The number of carbonyl (C=O) groups excluding carboxylic acids is 1. The van der Waals surface area contributed by atoms with Gasteiger partial charge in [0.05, 0.1) is 23.1 Å². The lowest BCUT2D eigenvalue weighted by Crippen LogP contribution is -2.16. The average Bonchev–Trinajstić information content (AvgIpc) is 3.27. The van der Waals surface area contributed by atoms with Crippen LogP contribution in [0.15, 0.2) is 76.3 Å². The number of fused-ring (bicyclic) bond motifs is 1. The molecule has 0 aliphatic heterocycles. The third-order valence-corrected chi connectivity index (χ3v) is 6.45. The Bertz CT molecular complexity index is 1390. The van der Waals surface area contributed by atoms with E-state index in [4.69, 9.17) is 9.47 Å². The fourth-order valence-electron chi connectivity index (χ4n) is 3.10. The predicted molar refractivity (Wildman–Crippen MR) is 135 cm³/mol. The normalized spacial score (nSPS) is 11.0. The van der Waals surface area contributed by atoms with Gasteiger partial charge in [0.15, 0.2) is 11.5 Å². The minimum atomic E-state index is -0.466. The highest BCUT2D eigenvalue weighted by Crippen LogP contribution is 2.30. The lowest BCUT2D eigenvalue weighted by molar-refractivity contribution is -0.384. The molecule has 0 saturated heterocycles. The Kier molecular flexibility index (Phi) is 7.19. The SMILES string of the molecule is COc1cc(/C=N\NC(=O)c2cc3cc([N+](=O)[O-])ccc3s2)ccc1OCc1ccc(Br)cc1. The number of ether oxygens (including phenoxy) is 2. The van der Waals surface area contributed by atoms with Gasteiger partial charge in [-0.3, -0.25) is 14.9 Å². The van der Waals surface area contributed by atoms with E-state index in [1.807, 2.05) is 24.3 Å². The van der Waals surface area contributed by atoms with E-state index in [0.717, 1.165) is 14.7 Å². The number of halogens is 1. The first-order valence-corrected chi connectivity index (χ1v) is 11.6. The number of hydrogen-bond donors (Lipinski definition) is 1. The predicted octanol–water partition coefficient (Wildman–Crippen LogP) is 5.92. The molecule has 0 radical (unpaired) electrons. The molecule has 4 rings (SSSR count). The van der Waals surface area contributed by atoms with Crippen molar-refractivity contribution >= 4 is 55.2 Å². The fourth-order valence-corrected chi connectivity index (χ4v) is 4.30. The van der Waals surface area contributed by atoms with Crippen LogP contribution in [0.25, 0.3) is 10.1 Å². The topological polar surface area (TPSA) is 103 Å². The van der Waals surface area contributed by atoms with Crippen LogP contribution in [-0.2, 0) is 6.61 Å². The highest BCUT2D eigenvalue weighted by molar-refractivity contribution is 9.10. The minimum absolute atomic E-state index is 0.0199. The van der Waals surface area contributed by atoms with Crippen molar-refractivity contribution in [3.05, 3.63) is 97.3 Å². The van der Waals surface area contributed by atoms with Crippen molar-refractivity contribution in [3.8, 4) is 11.5 Å². The molecule has 0 saturated carbocycles. The Morgan fingerprint density at radius 2 is 1.91 bits per heavy atom. The van der Waals surface area contributed by atoms with E-state index in [9.17, 15) is 14.9 Å². The van der Waals surface area contributed by atoms with Crippen molar-refractivity contribution in [3.63, 3.8) is 0 Å². The number of nitro benzene ring substituents is 1. The molecule has 172 valence electrons. The van der Waals surface area contributed by atoms with Gasteiger partial charge in [-0.15, -0.1) is 11.3 Å². The molecule has 0 aliphatic carbocycles. The van der Waals surface area contributed by atoms with Gasteiger partial charge in [0.25, 0.3) is 11.6 Å². The molecule has 34 heavy (non-hydrogen) atoms. The number of nitro groups is 1. The number of rotatable bonds is 8. The first-order chi connectivity index (χ1) is 16.4. The Labute approximate surface area is 207 Å². The molecule has 1 heterocycles. The zero-order valence-electron chi connectivity index (χ0n) is 17.9. The molecule has 1 N–H and O–H groups in total. The molecule has 4 aromatic rings. The number of hydrogen-bond acceptors (Lipinski definition) is 7. The highest BCUT2D eigenvalue weighted by Gasteiger charge is 2.13. The highest BCUT2D eigenvalue weighted by atomic mass is 79.9. The number of benzene rings is 3. The second kappa shape index (κ2) is 10.4. The number of carbonyl (C=O) groups is 1. The van der Waals surface area contributed by atoms with Gasteiger partial charge in [-0.25, -0.2) is 5.43 Å². The lowest BCUT2D eigenvalue weighted by atomic mass is 10.2. The van der Waals surface area contributed by atoms with Gasteiger partial charge < -0.3 is 9.47 Å². The summed E-state index contributed by atoms with van der Waals surface area (Å²) in [5.74, 6) is 0.728. The number of methoxy groups -OCH3 is 1. The molecule has 0 bridgehead atoms. The van der Waals surface area contributed by atoms with Gasteiger partial charge in [-0.1, -0.05) is 28.1 Å². The Hall–Kier alpha value is -3.76. The first kappa shape index (κ1) is 23.4. The summed E-state index contributed by atoms with van der Waals surface area (Å²) in [4.78, 5) is 23.3. The molecule has 0 fully saturated rings. The molecule has 0 atom stereocenters. The second-order valence-corrected chi connectivity index (χ2v) is 9.11. The summed E-state index contributed by atoms with van der Waals surface area (Å²) in [6.45, 7) is 0.394. The van der Waals surface area contributed by atoms with Crippen molar-refractivity contribution in [2.75, 3.05) is 7.11 Å². The largest absolute Gasteiger partial charge is 0.493 e. The van der Waals surface area contributed by atoms with Crippen molar-refractivity contribution in [1.29, 1.82) is 0 Å². The van der Waals surface area contributed by atoms with E-state index < -0.39 is 10.8 Å². The van der Waals surface area contributed by atoms with Crippen LogP contribution in [0.4, 0.5) is 5.69 Å². The van der Waals surface area contributed by atoms with Crippen LogP contribution in [0, 0.1) is 10.1 Å². The van der Waals surface area contributed by atoms with Gasteiger partial charge in [0.1, 0.15) is 6.61 Å². The van der Waals surface area contributed by atoms with E-state index >= 15 is 0 Å². The number of hydrazone groups is 1. The molecule has 8 nitrogen and oxygen atoms in total. The molecule has 1 aromatic heterocycles. The maximum Gasteiger partial charge on any atom is 0.281 e. The first-order valence-electron chi connectivity index (χ1n) is 9.99. The van der Waals surface area contributed by atoms with Crippen LogP contribution in [0.1, 0.15) is 20.8 Å². The average molecular weight is 540 g/mol. The monoisotopic (exact) mass is 539 g/mol. The van der Waals surface area contributed by atoms with Gasteiger partial charge in [0, 0.05) is 26.7 Å². The zero-order chi connectivity index (χ0) is 24.1. The molecule has 1 amide bonds. The van der Waals surface area contributed by atoms with Crippen LogP contribution in [-0.4, -0.2) is 24.2 Å². The van der Waals surface area contributed by atoms with Crippen LogP contribution >= 0.6 is 27.3 Å². The molecule has 0 aliphatic rings. The Balaban J connectivity index is 1.40. The summed E-state index contributed by atoms with van der Waals surface area (Å²) in [5, 5.41) is 15.6. The van der Waals surface area contributed by atoms with Crippen LogP contribution < -0.4 is 14.9 Å². The number of amides is 1. The maximum atomic E-state index is 12.4. The number of nitrogens with one attached hydrogen (secondary N) is 1. The summed E-state index contributed by atoms with van der Waals surface area (Å²) >= 11 is 4.65. The standard InChI is InChI=1S/C24H18BrN3O5S/c1-32-21-10-16(4-8-20(21)33-14-15-2-5-18(25)6-3-15)13-26-27-24(29)23-12-17-11-19(28(30)31)7-9-22(17)34-23/h2-13H,14H2,1H3,(H,27,29)/b26-13-. The number of thiophene rings is 1. The summed E-state index contributed by atoms with van der Waals surface area (Å²) in [6.07, 6.45) is 1.50. The van der Waals surface area contributed by atoms with Crippen molar-refractivity contribution in [1.82, 2.24) is 5.43 Å². The molecule has 0 unspecified atom stereocenters. The number of non-ortho nitro benzene ring substituents is 1. The summed E-state index contributed by atoms with van der Waals surface area (Å²) < 4.78 is 13.1. The quantitative estimate of drug-likeness (QED) is 0.170. The fraction of sp³-hybridized carbons (Fsp3) is 0.0833. The van der Waals surface area contributed by atoms with Crippen LogP contribution in [0.2, 0.25) is 0 Å². The maximum absolute atomic E-state index is 12.4. The Morgan fingerprint density at radius 3 is 2.65 bits per heavy atom. The van der Waals surface area contributed by atoms with Crippen molar-refractivity contribution < 1.29 is 19.2 Å². The van der Waals surface area contributed by atoms with Gasteiger partial charge >= 0.3 is 0 Å². The molecule has 0 spiro atoms. The lowest BCUT2D eigenvalue weighted by Gasteiger charge is -2.11. The molecular weight excluding hydrogens is 522 g/mol. The van der Waals surface area contributed by atoms with Crippen molar-refractivity contribution in [2.24, 2.45) is 5.10 Å². The van der Waals surface area contributed by atoms with E-state index in [2.05, 4.69) is 26.5 Å². The number of nitrogens with zero attached hydrogens (tertiary/aromatic N) is 2. The van der Waals surface area contributed by atoms with Crippen LogP contribution in [0.5, 0.6) is 11.5 Å². The van der Waals surface area contributed by atoms with Gasteiger partial charge in [-0.05, 0) is 53.6 Å². The minimum Gasteiger partial charge on any atom is -0.493 e. The van der Waals surface area contributed by atoms with Crippen molar-refractivity contribution in [2.45, 2.75) is 6.61 Å². The third kappa shape index (κ3) is 5.59. The van der Waals surface area contributed by atoms with Gasteiger partial charge in [-0.2, -0.15) is 5.10 Å². The molecular formula is C24H18BrN3O5S. The summed E-state index contributed by atoms with van der Waals surface area (Å²) in [6, 6.07) is 19.3. The second-order valence-electron chi connectivity index (χ2n) is 7.11. The smallest absolute Gasteiger partial charge is 0.281 e. The molecule has 10 heteroatoms. The zero-order valence-corrected chi connectivity index (χ0v) is 20.3. The van der Waals surface area contributed by atoms with E-state index in [0.29, 0.717) is 33.9 Å². The van der Waals surface area contributed by atoms with Gasteiger partial charge in [0.2, 0.25) is 0 Å². The third-order valence-electron chi connectivity index (χ3n) is 4.81. The van der Waals surface area contributed by atoms with E-state index in [-0.39, 0.29) is 5.69 Å². The van der Waals surface area contributed by atoms with E-state index in [1.54, 1.807) is 37.4 Å². The Morgan fingerprint density at radius 1 is 1.12 bits per heavy atom. The summed E-state index contributed by atoms with van der Waals surface area (Å²) in [5.41, 5.74) is 4.19. The van der Waals surface area contributed by atoms with Crippen LogP contribution in [0.3, 0.4) is 0 Å². The summed E-state index contributed by atoms with van der Waals surface area (Å²) in [7, 11) is 1.55. The molecule has 3 aromatic carbocycles. The van der Waals surface area contributed by atoms with E-state index in [1.165, 1.54) is 29.7 Å².